The molecule has 296 valence electrons. The first kappa shape index (κ1) is 40.7. The van der Waals surface area contributed by atoms with Gasteiger partial charge in [-0.1, -0.05) is 121 Å². The highest BCUT2D eigenvalue weighted by molar-refractivity contribution is 6.04. The molecule has 4 aromatic carbocycles. The maximum absolute atomic E-state index is 15.0. The zero-order chi connectivity index (χ0) is 40.8. The number of carbonyl (C=O) groups is 2. The molecular formula is C42H39F3N4O8. The van der Waals surface area contributed by atoms with Crippen molar-refractivity contribution in [1.82, 2.24) is 14.9 Å². The quantitative estimate of drug-likeness (QED) is 0.0988. The lowest BCUT2D eigenvalue weighted by Gasteiger charge is -2.55. The van der Waals surface area contributed by atoms with Crippen LogP contribution in [0.5, 0.6) is 0 Å². The Morgan fingerprint density at radius 2 is 1.35 bits per heavy atom. The molecule has 57 heavy (non-hydrogen) atoms. The molecule has 1 aliphatic heterocycles. The van der Waals surface area contributed by atoms with Crippen molar-refractivity contribution in [3.63, 3.8) is 0 Å². The number of nitrogens with zero attached hydrogens (tertiary/aromatic N) is 2. The molecule has 1 saturated heterocycles. The molecule has 1 aliphatic rings. The number of alkyl halides is 3. The van der Waals surface area contributed by atoms with Crippen LogP contribution in [0.3, 0.4) is 0 Å². The molecule has 12 nitrogen and oxygen atoms in total. The van der Waals surface area contributed by atoms with E-state index in [-0.39, 0.29) is 16.9 Å². The summed E-state index contributed by atoms with van der Waals surface area (Å²) in [6.07, 6.45) is -4.73. The number of aliphatic hydroxyl groups excluding tert-OH is 2. The van der Waals surface area contributed by atoms with Crippen LogP contribution in [0.15, 0.2) is 138 Å². The van der Waals surface area contributed by atoms with Crippen molar-refractivity contribution >= 4 is 23.7 Å². The van der Waals surface area contributed by atoms with Gasteiger partial charge >= 0.3 is 17.8 Å². The fraction of sp³-hybridized carbons (Fsp3) is 0.238. The summed E-state index contributed by atoms with van der Waals surface area (Å²) in [5, 5.41) is 27.3. The fourth-order valence-corrected chi connectivity index (χ4v) is 7.58. The van der Waals surface area contributed by atoms with Crippen molar-refractivity contribution in [2.24, 2.45) is 0 Å². The summed E-state index contributed by atoms with van der Waals surface area (Å²) in [6.45, 7) is -1.39. The van der Waals surface area contributed by atoms with E-state index in [2.05, 4.69) is 10.3 Å². The number of aromatic nitrogens is 2. The summed E-state index contributed by atoms with van der Waals surface area (Å²) in [5.41, 5.74) is -3.53. The molecule has 6 rings (SSSR count). The molecule has 0 unspecified atom stereocenters. The van der Waals surface area contributed by atoms with Crippen LogP contribution in [0.25, 0.3) is 6.08 Å². The Morgan fingerprint density at radius 3 is 1.81 bits per heavy atom. The number of hydrogen-bond donors (Lipinski definition) is 4. The summed E-state index contributed by atoms with van der Waals surface area (Å²) in [7, 11) is 2.49. The van der Waals surface area contributed by atoms with E-state index in [9.17, 15) is 37.8 Å². The van der Waals surface area contributed by atoms with Gasteiger partial charge in [0.1, 0.15) is 18.0 Å². The molecule has 0 saturated carbocycles. The number of anilines is 1. The number of carbonyl (C=O) groups excluding carboxylic acids is 2. The topological polar surface area (TPSA) is 161 Å². The number of halogens is 3. The Morgan fingerprint density at radius 1 is 0.860 bits per heavy atom. The molecule has 15 heteroatoms. The third-order valence-electron chi connectivity index (χ3n) is 9.95. The van der Waals surface area contributed by atoms with Gasteiger partial charge in [0, 0.05) is 38.1 Å². The number of aliphatic hydroxyl groups is 2. The molecule has 1 fully saturated rings. The Balaban J connectivity index is 1.74. The highest BCUT2D eigenvalue weighted by Crippen LogP contribution is 2.61. The standard InChI is InChI=1S/C42H39F3N4O8/c1-55-40(56-2)34(51)33(27-50)57-42(40,39(30-19-9-4-10-20-30,31-21-11-5-12-22-31)32-23-13-6-14-24-32)49-26-29(18-15-25-46-37(53)41(43,44)45)35(48-38(49)54)47-36(52)28-16-7-3-8-17-28/h3-24,26,33-34,50-51H,25,27H2,1-2H3,(H,46,53)(H,47,48,52,54)/t33-,34-,42-/m1/s1. The maximum Gasteiger partial charge on any atom is 0.471 e. The Labute approximate surface area is 325 Å². The van der Waals surface area contributed by atoms with Crippen LogP contribution in [-0.2, 0) is 30.1 Å². The molecule has 2 heterocycles. The minimum Gasteiger partial charge on any atom is -0.394 e. The number of hydrogen-bond acceptors (Lipinski definition) is 9. The molecule has 0 bridgehead atoms. The molecular weight excluding hydrogens is 745 g/mol. The molecule has 1 aromatic heterocycles. The van der Waals surface area contributed by atoms with E-state index in [0.717, 1.165) is 4.57 Å². The number of methoxy groups -OCH3 is 2. The molecule has 3 atom stereocenters. The summed E-state index contributed by atoms with van der Waals surface area (Å²) >= 11 is 0. The largest absolute Gasteiger partial charge is 0.471 e. The minimum absolute atomic E-state index is 0.0470. The van der Waals surface area contributed by atoms with Crippen LogP contribution in [0, 0.1) is 0 Å². The van der Waals surface area contributed by atoms with Crippen molar-refractivity contribution in [1.29, 1.82) is 0 Å². The smallest absolute Gasteiger partial charge is 0.394 e. The summed E-state index contributed by atoms with van der Waals surface area (Å²) in [6, 6.07) is 34.7. The van der Waals surface area contributed by atoms with Crippen molar-refractivity contribution < 1.29 is 47.2 Å². The first-order valence-electron chi connectivity index (χ1n) is 17.7. The van der Waals surface area contributed by atoms with E-state index in [1.54, 1.807) is 115 Å². The van der Waals surface area contributed by atoms with Crippen molar-refractivity contribution in [3.8, 4) is 0 Å². The first-order chi connectivity index (χ1) is 27.4. The molecule has 0 spiro atoms. The van der Waals surface area contributed by atoms with Crippen LogP contribution < -0.4 is 16.3 Å². The van der Waals surface area contributed by atoms with E-state index < -0.39 is 66.0 Å². The zero-order valence-electron chi connectivity index (χ0n) is 30.7. The predicted octanol–water partition coefficient (Wildman–Crippen LogP) is 4.62. The van der Waals surface area contributed by atoms with E-state index >= 15 is 0 Å². The highest BCUT2D eigenvalue weighted by atomic mass is 19.4. The fourth-order valence-electron chi connectivity index (χ4n) is 7.58. The minimum atomic E-state index is -5.15. The normalized spacial score (nSPS) is 19.4. The van der Waals surface area contributed by atoms with E-state index in [0.29, 0.717) is 16.7 Å². The molecule has 4 N–H and O–H groups in total. The van der Waals surface area contributed by atoms with Gasteiger partial charge in [-0.3, -0.25) is 14.2 Å². The van der Waals surface area contributed by atoms with Gasteiger partial charge in [-0.05, 0) is 28.8 Å². The second-order valence-corrected chi connectivity index (χ2v) is 13.0. The maximum atomic E-state index is 15.0. The van der Waals surface area contributed by atoms with E-state index in [1.165, 1.54) is 44.7 Å². The third-order valence-corrected chi connectivity index (χ3v) is 9.95. The zero-order valence-corrected chi connectivity index (χ0v) is 30.7. The van der Waals surface area contributed by atoms with Gasteiger partial charge in [0.15, 0.2) is 0 Å². The second kappa shape index (κ2) is 16.6. The Bertz CT molecular complexity index is 2160. The van der Waals surface area contributed by atoms with Crippen LogP contribution in [0.1, 0.15) is 32.6 Å². The Kier molecular flexibility index (Phi) is 11.9. The average Bonchev–Trinajstić information content (AvgIpc) is 3.49. The number of ether oxygens (including phenoxy) is 3. The van der Waals surface area contributed by atoms with Gasteiger partial charge in [-0.25, -0.2) is 4.79 Å². The molecule has 0 aliphatic carbocycles. The third kappa shape index (κ3) is 7.04. The molecule has 5 aromatic rings. The van der Waals surface area contributed by atoms with Gasteiger partial charge in [-0.2, -0.15) is 18.2 Å². The molecule has 0 radical (unpaired) electrons. The van der Waals surface area contributed by atoms with E-state index in [4.69, 9.17) is 14.2 Å². The van der Waals surface area contributed by atoms with E-state index in [1.807, 2.05) is 0 Å². The monoisotopic (exact) mass is 784 g/mol. The predicted molar refractivity (Wildman–Crippen MR) is 203 cm³/mol. The lowest BCUT2D eigenvalue weighted by atomic mass is 9.59. The number of nitrogens with one attached hydrogen (secondary N) is 2. The number of benzene rings is 4. The van der Waals surface area contributed by atoms with Crippen LogP contribution in [0.2, 0.25) is 0 Å². The summed E-state index contributed by atoms with van der Waals surface area (Å²) in [5.74, 6) is -5.51. The average molecular weight is 785 g/mol. The Hall–Kier alpha value is -5.97. The second-order valence-electron chi connectivity index (χ2n) is 13.0. The van der Waals surface area contributed by atoms with Gasteiger partial charge in [0.05, 0.1) is 12.0 Å². The van der Waals surface area contributed by atoms with Crippen molar-refractivity contribution in [2.75, 3.05) is 32.7 Å². The van der Waals surface area contributed by atoms with Crippen LogP contribution in [0.4, 0.5) is 19.0 Å². The molecule has 2 amide bonds. The first-order valence-corrected chi connectivity index (χ1v) is 17.7. The van der Waals surface area contributed by atoms with Crippen molar-refractivity contribution in [3.05, 3.63) is 172 Å². The van der Waals surface area contributed by atoms with Crippen LogP contribution >= 0.6 is 0 Å². The van der Waals surface area contributed by atoms with Crippen LogP contribution in [-0.4, -0.2) is 83.1 Å². The van der Waals surface area contributed by atoms with Crippen molar-refractivity contribution in [2.45, 2.75) is 35.3 Å². The summed E-state index contributed by atoms with van der Waals surface area (Å²) in [4.78, 5) is 44.3. The highest BCUT2D eigenvalue weighted by Gasteiger charge is 2.78. The number of amides is 2. The van der Waals surface area contributed by atoms with Gasteiger partial charge < -0.3 is 35.1 Å². The SMILES string of the molecule is COC1(OC)[C@H](O)[C@@H](CO)O[C@]1(n1cc(C=CCNC(=O)C(F)(F)F)c(NC(=O)c2ccccc2)nc1=O)C(c1ccccc1)(c1ccccc1)c1ccccc1. The lowest BCUT2D eigenvalue weighted by Crippen LogP contribution is -2.71. The van der Waals surface area contributed by atoms with Gasteiger partial charge in [-0.15, -0.1) is 0 Å². The van der Waals surface area contributed by atoms with Gasteiger partial charge in [0.2, 0.25) is 11.5 Å². The summed E-state index contributed by atoms with van der Waals surface area (Å²) < 4.78 is 59.5. The van der Waals surface area contributed by atoms with Gasteiger partial charge in [0.25, 0.3) is 5.91 Å². The lowest BCUT2D eigenvalue weighted by molar-refractivity contribution is -0.339. The number of rotatable bonds is 13.